The Morgan fingerprint density at radius 2 is 1.71 bits per heavy atom. The Hall–Kier alpha value is -2.39. The lowest BCUT2D eigenvalue weighted by Gasteiger charge is -2.09. The van der Waals surface area contributed by atoms with Gasteiger partial charge in [0.2, 0.25) is 0 Å². The fourth-order valence-electron chi connectivity index (χ4n) is 2.31. The van der Waals surface area contributed by atoms with Gasteiger partial charge in [-0.1, -0.05) is 36.4 Å². The molecule has 0 radical (unpaired) electrons. The van der Waals surface area contributed by atoms with E-state index in [0.717, 1.165) is 16.3 Å². The average Bonchev–Trinajstić information content (AvgIpc) is 2.50. The largest absolute Gasteiger partial charge is 0.454 e. The van der Waals surface area contributed by atoms with E-state index in [4.69, 9.17) is 10.5 Å². The van der Waals surface area contributed by atoms with Crippen molar-refractivity contribution in [3.63, 3.8) is 0 Å². The number of hydrogen-bond donors (Lipinski definition) is 1. The Morgan fingerprint density at radius 1 is 0.905 bits per heavy atom. The quantitative estimate of drug-likeness (QED) is 0.775. The van der Waals surface area contributed by atoms with E-state index < -0.39 is 0 Å². The maximum Gasteiger partial charge on any atom is 0.165 e. The molecule has 106 valence electrons. The third-order valence-corrected chi connectivity index (χ3v) is 3.38. The molecule has 0 saturated carbocycles. The summed E-state index contributed by atoms with van der Waals surface area (Å²) in [5, 5.41) is 2.19. The van der Waals surface area contributed by atoms with Gasteiger partial charge >= 0.3 is 0 Å². The molecule has 21 heavy (non-hydrogen) atoms. The van der Waals surface area contributed by atoms with Crippen LogP contribution in [0, 0.1) is 5.82 Å². The average molecular weight is 281 g/mol. The van der Waals surface area contributed by atoms with Crippen LogP contribution in [0.4, 0.5) is 4.39 Å². The molecule has 0 amide bonds. The van der Waals surface area contributed by atoms with E-state index >= 15 is 0 Å². The molecule has 0 spiro atoms. The first-order valence-electron chi connectivity index (χ1n) is 6.91. The first kappa shape index (κ1) is 13.6. The van der Waals surface area contributed by atoms with Crippen LogP contribution in [-0.2, 0) is 6.42 Å². The predicted octanol–water partition coefficient (Wildman–Crippen LogP) is 4.27. The van der Waals surface area contributed by atoms with Gasteiger partial charge in [-0.15, -0.1) is 0 Å². The molecule has 3 rings (SSSR count). The topological polar surface area (TPSA) is 35.2 Å². The fraction of sp³-hybridized carbons (Fsp3) is 0.111. The molecule has 0 fully saturated rings. The summed E-state index contributed by atoms with van der Waals surface area (Å²) < 4.78 is 19.7. The lowest BCUT2D eigenvalue weighted by molar-refractivity contribution is 0.442. The van der Waals surface area contributed by atoms with Gasteiger partial charge in [0, 0.05) is 0 Å². The highest BCUT2D eigenvalue weighted by Gasteiger charge is 2.06. The van der Waals surface area contributed by atoms with Gasteiger partial charge in [-0.25, -0.2) is 4.39 Å². The summed E-state index contributed by atoms with van der Waals surface area (Å²) in [7, 11) is 0. The first-order chi connectivity index (χ1) is 10.3. The minimum atomic E-state index is -0.367. The molecule has 2 N–H and O–H groups in total. The monoisotopic (exact) mass is 281 g/mol. The van der Waals surface area contributed by atoms with Crippen LogP contribution >= 0.6 is 0 Å². The summed E-state index contributed by atoms with van der Waals surface area (Å²) in [6.45, 7) is 0.504. The van der Waals surface area contributed by atoms with E-state index in [2.05, 4.69) is 0 Å². The van der Waals surface area contributed by atoms with Gasteiger partial charge in [-0.3, -0.25) is 0 Å². The van der Waals surface area contributed by atoms with Crippen molar-refractivity contribution in [2.75, 3.05) is 6.54 Å². The van der Waals surface area contributed by atoms with Crippen molar-refractivity contribution in [3.8, 4) is 11.5 Å². The molecule has 0 bridgehead atoms. The minimum Gasteiger partial charge on any atom is -0.454 e. The van der Waals surface area contributed by atoms with Gasteiger partial charge in [0.05, 0.1) is 0 Å². The van der Waals surface area contributed by atoms with Crippen molar-refractivity contribution in [1.82, 2.24) is 0 Å². The van der Waals surface area contributed by atoms with E-state index in [9.17, 15) is 4.39 Å². The summed E-state index contributed by atoms with van der Waals surface area (Å²) >= 11 is 0. The second-order valence-corrected chi connectivity index (χ2v) is 4.91. The van der Waals surface area contributed by atoms with Gasteiger partial charge < -0.3 is 10.5 Å². The summed E-state index contributed by atoms with van der Waals surface area (Å²) in [6, 6.07) is 18.7. The van der Waals surface area contributed by atoms with Crippen molar-refractivity contribution in [2.45, 2.75) is 6.42 Å². The molecular formula is C18H16FNO. The van der Waals surface area contributed by atoms with Gasteiger partial charge in [0.25, 0.3) is 0 Å². The molecule has 0 aliphatic heterocycles. The SMILES string of the molecule is NCCc1ccc(Oc2ccc3ccccc3c2)c(F)c1. The number of halogens is 1. The Labute approximate surface area is 123 Å². The van der Waals surface area contributed by atoms with E-state index in [-0.39, 0.29) is 11.6 Å². The van der Waals surface area contributed by atoms with Crippen LogP contribution in [0.2, 0.25) is 0 Å². The Kier molecular flexibility index (Phi) is 3.84. The van der Waals surface area contributed by atoms with E-state index in [0.29, 0.717) is 18.7 Å². The van der Waals surface area contributed by atoms with Crippen LogP contribution in [0.25, 0.3) is 10.8 Å². The van der Waals surface area contributed by atoms with E-state index in [1.165, 1.54) is 6.07 Å². The van der Waals surface area contributed by atoms with Crippen molar-refractivity contribution in [1.29, 1.82) is 0 Å². The van der Waals surface area contributed by atoms with Gasteiger partial charge in [0.1, 0.15) is 5.75 Å². The highest BCUT2D eigenvalue weighted by atomic mass is 19.1. The number of rotatable bonds is 4. The Morgan fingerprint density at radius 3 is 2.48 bits per heavy atom. The number of hydrogen-bond acceptors (Lipinski definition) is 2. The second-order valence-electron chi connectivity index (χ2n) is 4.91. The molecular weight excluding hydrogens is 265 g/mol. The third-order valence-electron chi connectivity index (χ3n) is 3.38. The highest BCUT2D eigenvalue weighted by molar-refractivity contribution is 5.83. The van der Waals surface area contributed by atoms with Crippen LogP contribution < -0.4 is 10.5 Å². The third kappa shape index (κ3) is 3.03. The van der Waals surface area contributed by atoms with Crippen molar-refractivity contribution in [3.05, 3.63) is 72.0 Å². The van der Waals surface area contributed by atoms with E-state index in [1.807, 2.05) is 48.5 Å². The van der Waals surface area contributed by atoms with Crippen LogP contribution in [0.5, 0.6) is 11.5 Å². The van der Waals surface area contributed by atoms with Crippen molar-refractivity contribution in [2.24, 2.45) is 5.73 Å². The van der Waals surface area contributed by atoms with Crippen molar-refractivity contribution < 1.29 is 9.13 Å². The number of fused-ring (bicyclic) bond motifs is 1. The second kappa shape index (κ2) is 5.94. The Balaban J connectivity index is 1.87. The molecule has 2 nitrogen and oxygen atoms in total. The molecule has 0 aromatic heterocycles. The van der Waals surface area contributed by atoms with Gasteiger partial charge in [0.15, 0.2) is 11.6 Å². The number of ether oxygens (including phenoxy) is 1. The molecule has 3 aromatic carbocycles. The summed E-state index contributed by atoms with van der Waals surface area (Å²) in [5.74, 6) is 0.485. The Bertz CT molecular complexity index is 770. The van der Waals surface area contributed by atoms with Crippen LogP contribution in [0.1, 0.15) is 5.56 Å². The number of benzene rings is 3. The van der Waals surface area contributed by atoms with Crippen LogP contribution in [0.3, 0.4) is 0 Å². The van der Waals surface area contributed by atoms with Gasteiger partial charge in [-0.05, 0) is 53.6 Å². The lowest BCUT2D eigenvalue weighted by atomic mass is 10.1. The smallest absolute Gasteiger partial charge is 0.165 e. The molecule has 0 unspecified atom stereocenters. The maximum absolute atomic E-state index is 14.0. The zero-order valence-electron chi connectivity index (χ0n) is 11.6. The summed E-state index contributed by atoms with van der Waals surface area (Å²) in [6.07, 6.45) is 0.660. The fourth-order valence-corrected chi connectivity index (χ4v) is 2.31. The molecule has 0 aliphatic carbocycles. The normalized spacial score (nSPS) is 10.8. The molecule has 0 atom stereocenters. The molecule has 0 aliphatic rings. The lowest BCUT2D eigenvalue weighted by Crippen LogP contribution is -2.03. The number of nitrogens with two attached hydrogens (primary N) is 1. The summed E-state index contributed by atoms with van der Waals surface area (Å²) in [4.78, 5) is 0. The summed E-state index contributed by atoms with van der Waals surface area (Å²) in [5.41, 5.74) is 6.35. The molecule has 0 saturated heterocycles. The first-order valence-corrected chi connectivity index (χ1v) is 6.91. The van der Waals surface area contributed by atoms with Crippen molar-refractivity contribution >= 4 is 10.8 Å². The zero-order chi connectivity index (χ0) is 14.7. The van der Waals surface area contributed by atoms with Gasteiger partial charge in [-0.2, -0.15) is 0 Å². The maximum atomic E-state index is 14.0. The molecule has 3 aromatic rings. The van der Waals surface area contributed by atoms with Crippen LogP contribution in [-0.4, -0.2) is 6.54 Å². The molecule has 0 heterocycles. The van der Waals surface area contributed by atoms with E-state index in [1.54, 1.807) is 6.07 Å². The van der Waals surface area contributed by atoms with Crippen LogP contribution in [0.15, 0.2) is 60.7 Å². The molecule has 3 heteroatoms. The minimum absolute atomic E-state index is 0.228. The zero-order valence-corrected chi connectivity index (χ0v) is 11.6. The highest BCUT2D eigenvalue weighted by Crippen LogP contribution is 2.28. The predicted molar refractivity (Wildman–Crippen MR) is 83.2 cm³/mol. The standard InChI is InChI=1S/C18H16FNO/c19-17-11-13(9-10-20)5-8-18(17)21-16-7-6-14-3-1-2-4-15(14)12-16/h1-8,11-12H,9-10,20H2.